The number of rotatable bonds is 3. The Kier molecular flexibility index (Phi) is 3.99. The van der Waals surface area contributed by atoms with E-state index in [1.807, 2.05) is 12.1 Å². The lowest BCUT2D eigenvalue weighted by Crippen LogP contribution is -1.94. The summed E-state index contributed by atoms with van der Waals surface area (Å²) >= 11 is 1.18. The Morgan fingerprint density at radius 1 is 1.06 bits per heavy atom. The van der Waals surface area contributed by atoms with Crippen molar-refractivity contribution in [3.63, 3.8) is 0 Å². The fourth-order valence-corrected chi connectivity index (χ4v) is 2.63. The summed E-state index contributed by atoms with van der Waals surface area (Å²) in [5.41, 5.74) is 0.728. The van der Waals surface area contributed by atoms with Crippen LogP contribution in [-0.2, 0) is 0 Å². The highest BCUT2D eigenvalue weighted by Crippen LogP contribution is 2.34. The van der Waals surface area contributed by atoms with Crippen LogP contribution in [0.3, 0.4) is 0 Å². The van der Waals surface area contributed by atoms with E-state index in [-0.39, 0.29) is 0 Å². The SMILES string of the molecule is C[C@H](O)c1ccccc1Sc1ccc(F)cc1F. The van der Waals surface area contributed by atoms with Crippen LogP contribution in [0, 0.1) is 11.6 Å². The van der Waals surface area contributed by atoms with Gasteiger partial charge in [-0.2, -0.15) is 0 Å². The van der Waals surface area contributed by atoms with Gasteiger partial charge in [0.2, 0.25) is 0 Å². The Balaban J connectivity index is 2.34. The van der Waals surface area contributed by atoms with E-state index in [4.69, 9.17) is 0 Å². The van der Waals surface area contributed by atoms with Crippen LogP contribution >= 0.6 is 11.8 Å². The molecular formula is C14H12F2OS. The van der Waals surface area contributed by atoms with E-state index in [1.165, 1.54) is 23.9 Å². The summed E-state index contributed by atoms with van der Waals surface area (Å²) in [7, 11) is 0. The van der Waals surface area contributed by atoms with Gasteiger partial charge in [-0.05, 0) is 30.7 Å². The van der Waals surface area contributed by atoms with Crippen molar-refractivity contribution in [3.05, 3.63) is 59.7 Å². The highest BCUT2D eigenvalue weighted by atomic mass is 32.2. The molecule has 18 heavy (non-hydrogen) atoms. The first-order valence-electron chi connectivity index (χ1n) is 5.48. The normalized spacial score (nSPS) is 12.4. The minimum atomic E-state index is -0.628. The van der Waals surface area contributed by atoms with E-state index in [9.17, 15) is 13.9 Å². The molecule has 0 amide bonds. The molecule has 0 fully saturated rings. The molecule has 0 aliphatic heterocycles. The number of hydrogen-bond donors (Lipinski definition) is 1. The summed E-state index contributed by atoms with van der Waals surface area (Å²) in [6, 6.07) is 10.7. The molecule has 2 rings (SSSR count). The average Bonchev–Trinajstić information content (AvgIpc) is 2.33. The van der Waals surface area contributed by atoms with Crippen LogP contribution in [0.1, 0.15) is 18.6 Å². The lowest BCUT2D eigenvalue weighted by molar-refractivity contribution is 0.196. The van der Waals surface area contributed by atoms with Gasteiger partial charge in [0.1, 0.15) is 11.6 Å². The predicted octanol–water partition coefficient (Wildman–Crippen LogP) is 4.17. The molecule has 0 heterocycles. The van der Waals surface area contributed by atoms with E-state index in [1.54, 1.807) is 19.1 Å². The first kappa shape index (κ1) is 13.1. The second-order valence-electron chi connectivity index (χ2n) is 3.89. The van der Waals surface area contributed by atoms with Crippen molar-refractivity contribution in [3.8, 4) is 0 Å². The largest absolute Gasteiger partial charge is 0.389 e. The van der Waals surface area contributed by atoms with Crippen molar-refractivity contribution in [2.75, 3.05) is 0 Å². The van der Waals surface area contributed by atoms with Crippen LogP contribution < -0.4 is 0 Å². The second-order valence-corrected chi connectivity index (χ2v) is 4.97. The Morgan fingerprint density at radius 3 is 2.44 bits per heavy atom. The van der Waals surface area contributed by atoms with Gasteiger partial charge in [0, 0.05) is 15.9 Å². The maximum Gasteiger partial charge on any atom is 0.140 e. The molecule has 0 aliphatic rings. The van der Waals surface area contributed by atoms with Crippen LogP contribution in [0.5, 0.6) is 0 Å². The van der Waals surface area contributed by atoms with Crippen LogP contribution in [0.15, 0.2) is 52.3 Å². The Bertz CT molecular complexity index is 555. The molecule has 2 aromatic rings. The molecule has 0 radical (unpaired) electrons. The topological polar surface area (TPSA) is 20.2 Å². The third-order valence-corrected chi connectivity index (χ3v) is 3.63. The molecule has 4 heteroatoms. The molecule has 0 aromatic heterocycles. The van der Waals surface area contributed by atoms with Crippen molar-refractivity contribution in [2.24, 2.45) is 0 Å². The van der Waals surface area contributed by atoms with Gasteiger partial charge < -0.3 is 5.11 Å². The van der Waals surface area contributed by atoms with Gasteiger partial charge in [0.05, 0.1) is 6.10 Å². The smallest absolute Gasteiger partial charge is 0.140 e. The van der Waals surface area contributed by atoms with Gasteiger partial charge >= 0.3 is 0 Å². The van der Waals surface area contributed by atoms with Crippen molar-refractivity contribution >= 4 is 11.8 Å². The molecule has 1 N–H and O–H groups in total. The molecule has 94 valence electrons. The summed E-state index contributed by atoms with van der Waals surface area (Å²) < 4.78 is 26.4. The zero-order chi connectivity index (χ0) is 13.1. The second kappa shape index (κ2) is 5.50. The van der Waals surface area contributed by atoms with E-state index in [2.05, 4.69) is 0 Å². The van der Waals surface area contributed by atoms with E-state index >= 15 is 0 Å². The highest BCUT2D eigenvalue weighted by Gasteiger charge is 2.11. The average molecular weight is 266 g/mol. The molecule has 0 unspecified atom stereocenters. The fraction of sp³-hybridized carbons (Fsp3) is 0.143. The lowest BCUT2D eigenvalue weighted by atomic mass is 10.1. The third-order valence-electron chi connectivity index (χ3n) is 2.48. The molecule has 0 bridgehead atoms. The number of aliphatic hydroxyl groups excluding tert-OH is 1. The van der Waals surface area contributed by atoms with E-state index < -0.39 is 17.7 Å². The number of benzene rings is 2. The molecule has 0 aliphatic carbocycles. The van der Waals surface area contributed by atoms with Crippen molar-refractivity contribution in [2.45, 2.75) is 22.8 Å². The first-order valence-corrected chi connectivity index (χ1v) is 6.29. The Hall–Kier alpha value is -1.39. The monoisotopic (exact) mass is 266 g/mol. The van der Waals surface area contributed by atoms with Crippen LogP contribution in [0.25, 0.3) is 0 Å². The zero-order valence-electron chi connectivity index (χ0n) is 9.73. The molecule has 0 spiro atoms. The summed E-state index contributed by atoms with van der Waals surface area (Å²) in [6.45, 7) is 1.65. The summed E-state index contributed by atoms with van der Waals surface area (Å²) in [5.74, 6) is -1.19. The lowest BCUT2D eigenvalue weighted by Gasteiger charge is -2.11. The van der Waals surface area contributed by atoms with Gasteiger partial charge in [-0.3, -0.25) is 0 Å². The van der Waals surface area contributed by atoms with Crippen LogP contribution in [-0.4, -0.2) is 5.11 Å². The zero-order valence-corrected chi connectivity index (χ0v) is 10.5. The summed E-state index contributed by atoms with van der Waals surface area (Å²) in [6.07, 6.45) is -0.628. The quantitative estimate of drug-likeness (QED) is 0.899. The van der Waals surface area contributed by atoms with Gasteiger partial charge in [0.15, 0.2) is 0 Å². The first-order chi connectivity index (χ1) is 8.58. The summed E-state index contributed by atoms with van der Waals surface area (Å²) in [5, 5.41) is 9.63. The fourth-order valence-electron chi connectivity index (χ4n) is 1.60. The minimum absolute atomic E-state index is 0.338. The van der Waals surface area contributed by atoms with Gasteiger partial charge in [-0.15, -0.1) is 0 Å². The third kappa shape index (κ3) is 2.89. The molecule has 1 atom stereocenters. The van der Waals surface area contributed by atoms with E-state index in [0.29, 0.717) is 4.90 Å². The number of halogens is 2. The van der Waals surface area contributed by atoms with Gasteiger partial charge in [0.25, 0.3) is 0 Å². The maximum atomic E-state index is 13.5. The molecular weight excluding hydrogens is 254 g/mol. The minimum Gasteiger partial charge on any atom is -0.389 e. The molecule has 0 saturated carbocycles. The molecule has 2 aromatic carbocycles. The number of hydrogen-bond acceptors (Lipinski definition) is 2. The van der Waals surface area contributed by atoms with Crippen LogP contribution in [0.2, 0.25) is 0 Å². The van der Waals surface area contributed by atoms with Gasteiger partial charge in [-0.1, -0.05) is 30.0 Å². The molecule has 1 nitrogen and oxygen atoms in total. The van der Waals surface area contributed by atoms with E-state index in [0.717, 1.165) is 16.5 Å². The van der Waals surface area contributed by atoms with Crippen molar-refractivity contribution < 1.29 is 13.9 Å². The number of aliphatic hydroxyl groups is 1. The summed E-state index contributed by atoms with van der Waals surface area (Å²) in [4.78, 5) is 1.10. The maximum absolute atomic E-state index is 13.5. The van der Waals surface area contributed by atoms with Crippen LogP contribution in [0.4, 0.5) is 8.78 Å². The highest BCUT2D eigenvalue weighted by molar-refractivity contribution is 7.99. The Labute approximate surface area is 108 Å². The van der Waals surface area contributed by atoms with Crippen molar-refractivity contribution in [1.29, 1.82) is 0 Å². The van der Waals surface area contributed by atoms with Crippen molar-refractivity contribution in [1.82, 2.24) is 0 Å². The predicted molar refractivity (Wildman–Crippen MR) is 67.6 cm³/mol. The Morgan fingerprint density at radius 2 is 1.78 bits per heavy atom. The molecule has 0 saturated heterocycles. The standard InChI is InChI=1S/C14H12F2OS/c1-9(17)11-4-2-3-5-13(11)18-14-7-6-10(15)8-12(14)16/h2-9,17H,1H3/t9-/m0/s1. The van der Waals surface area contributed by atoms with Gasteiger partial charge in [-0.25, -0.2) is 8.78 Å².